The van der Waals surface area contributed by atoms with E-state index in [0.717, 1.165) is 61.2 Å². The van der Waals surface area contributed by atoms with E-state index < -0.39 is 6.03 Å². The fourth-order valence-corrected chi connectivity index (χ4v) is 6.41. The molecule has 1 aliphatic heterocycles. The molecular weight excluding hydrogens is 638 g/mol. The molecule has 1 aromatic heterocycles. The highest BCUT2D eigenvalue weighted by Crippen LogP contribution is 2.38. The molecule has 9 nitrogen and oxygen atoms in total. The minimum atomic E-state index is -0.449. The molecule has 0 saturated carbocycles. The van der Waals surface area contributed by atoms with Crippen LogP contribution >= 0.6 is 0 Å². The van der Waals surface area contributed by atoms with Gasteiger partial charge < -0.3 is 30.3 Å². The summed E-state index contributed by atoms with van der Waals surface area (Å²) in [6.07, 6.45) is 3.61. The van der Waals surface area contributed by atoms with E-state index in [-0.39, 0.29) is 11.2 Å². The van der Waals surface area contributed by atoms with Crippen LogP contribution in [0.2, 0.25) is 0 Å². The number of anilines is 2. The number of fused-ring (bicyclic) bond motifs is 1. The van der Waals surface area contributed by atoms with Crippen molar-refractivity contribution < 1.29 is 19.1 Å². The molecule has 9 heteroatoms. The lowest BCUT2D eigenvalue weighted by atomic mass is 9.84. The van der Waals surface area contributed by atoms with Crippen LogP contribution in [0.4, 0.5) is 16.2 Å². The van der Waals surface area contributed by atoms with E-state index in [4.69, 9.17) is 9.47 Å². The van der Waals surface area contributed by atoms with Crippen LogP contribution in [0, 0.1) is 0 Å². The lowest BCUT2D eigenvalue weighted by molar-refractivity contribution is 0.0970. The van der Waals surface area contributed by atoms with E-state index in [9.17, 15) is 9.59 Å². The van der Waals surface area contributed by atoms with Gasteiger partial charge in [0.25, 0.3) is 0 Å². The van der Waals surface area contributed by atoms with Gasteiger partial charge >= 0.3 is 6.03 Å². The number of piperazine rings is 1. The average Bonchev–Trinajstić information content (AvgIpc) is 3.13. The molecule has 4 aromatic carbocycles. The second-order valence-electron chi connectivity index (χ2n) is 14.0. The van der Waals surface area contributed by atoms with Gasteiger partial charge in [-0.3, -0.25) is 9.78 Å². The van der Waals surface area contributed by atoms with Gasteiger partial charge in [-0.15, -0.1) is 0 Å². The number of ketones is 1. The first-order chi connectivity index (χ1) is 24.7. The van der Waals surface area contributed by atoms with Gasteiger partial charge in [-0.25, -0.2) is 4.79 Å². The van der Waals surface area contributed by atoms with Crippen molar-refractivity contribution in [3.63, 3.8) is 0 Å². The van der Waals surface area contributed by atoms with E-state index >= 15 is 0 Å². The van der Waals surface area contributed by atoms with Gasteiger partial charge in [0, 0.05) is 67.8 Å². The van der Waals surface area contributed by atoms with Crippen LogP contribution in [0.3, 0.4) is 0 Å². The van der Waals surface area contributed by atoms with Crippen LogP contribution in [0.25, 0.3) is 10.8 Å². The lowest BCUT2D eigenvalue weighted by Gasteiger charge is -2.27. The number of carbonyl (C=O) groups excluding carboxylic acids is 2. The first-order valence-electron chi connectivity index (χ1n) is 17.6. The van der Waals surface area contributed by atoms with Crippen molar-refractivity contribution in [2.75, 3.05) is 50.5 Å². The van der Waals surface area contributed by atoms with E-state index in [1.165, 1.54) is 12.7 Å². The predicted molar refractivity (Wildman–Crippen MR) is 205 cm³/mol. The average molecular weight is 686 g/mol. The number of hydrogen-bond acceptors (Lipinski definition) is 7. The van der Waals surface area contributed by atoms with E-state index in [1.54, 1.807) is 6.20 Å². The van der Waals surface area contributed by atoms with Gasteiger partial charge in [0.05, 0.1) is 24.0 Å². The van der Waals surface area contributed by atoms with Gasteiger partial charge in [0.2, 0.25) is 0 Å². The van der Waals surface area contributed by atoms with Crippen molar-refractivity contribution in [2.24, 2.45) is 0 Å². The fraction of sp³-hybridized carbons (Fsp3) is 0.310. The number of methoxy groups -OCH3 is 1. The van der Waals surface area contributed by atoms with Gasteiger partial charge in [-0.1, -0.05) is 75.4 Å². The number of nitrogens with zero attached hydrogens (tertiary/aromatic N) is 2. The summed E-state index contributed by atoms with van der Waals surface area (Å²) in [5, 5.41) is 11.0. The Labute approximate surface area is 300 Å². The number of amides is 2. The van der Waals surface area contributed by atoms with Crippen LogP contribution < -0.4 is 25.4 Å². The molecular formula is C42H47N5O4. The van der Waals surface area contributed by atoms with Crippen molar-refractivity contribution in [2.45, 2.75) is 45.4 Å². The summed E-state index contributed by atoms with van der Waals surface area (Å²) in [6, 6.07) is 28.8. The van der Waals surface area contributed by atoms with E-state index in [1.807, 2.05) is 78.9 Å². The molecule has 0 spiro atoms. The van der Waals surface area contributed by atoms with Crippen LogP contribution in [-0.4, -0.2) is 61.5 Å². The quantitative estimate of drug-likeness (QED) is 0.113. The number of ether oxygens (including phenoxy) is 2. The molecule has 0 aliphatic carbocycles. The summed E-state index contributed by atoms with van der Waals surface area (Å²) < 4.78 is 12.2. The number of carbonyl (C=O) groups is 2. The number of Topliss-reactive ketones (excluding diaryl/α,β-unsaturated/α-hetero) is 1. The van der Waals surface area contributed by atoms with Crippen molar-refractivity contribution in [1.82, 2.24) is 15.2 Å². The highest BCUT2D eigenvalue weighted by atomic mass is 16.5. The highest BCUT2D eigenvalue weighted by Gasteiger charge is 2.24. The van der Waals surface area contributed by atoms with Crippen LogP contribution in [0.5, 0.6) is 17.2 Å². The zero-order valence-corrected chi connectivity index (χ0v) is 29.9. The summed E-state index contributed by atoms with van der Waals surface area (Å²) in [4.78, 5) is 34.2. The minimum absolute atomic E-state index is 0.000454. The van der Waals surface area contributed by atoms with Crippen molar-refractivity contribution in [3.8, 4) is 17.2 Å². The maximum atomic E-state index is 13.6. The maximum absolute atomic E-state index is 13.6. The summed E-state index contributed by atoms with van der Waals surface area (Å²) in [7, 11) is 1.53. The Balaban J connectivity index is 1.20. The summed E-state index contributed by atoms with van der Waals surface area (Å²) in [5.41, 5.74) is 4.29. The number of rotatable bonds is 12. The van der Waals surface area contributed by atoms with Gasteiger partial charge in [0.1, 0.15) is 11.5 Å². The van der Waals surface area contributed by atoms with Crippen molar-refractivity contribution in [3.05, 3.63) is 120 Å². The topological polar surface area (TPSA) is 105 Å². The zero-order valence-electron chi connectivity index (χ0n) is 29.9. The van der Waals surface area contributed by atoms with Gasteiger partial charge in [-0.2, -0.15) is 0 Å². The third-order valence-electron chi connectivity index (χ3n) is 9.17. The van der Waals surface area contributed by atoms with Crippen molar-refractivity contribution >= 4 is 34.0 Å². The Morgan fingerprint density at radius 2 is 1.59 bits per heavy atom. The molecule has 0 unspecified atom stereocenters. The lowest BCUT2D eigenvalue weighted by Crippen LogP contribution is -2.43. The van der Waals surface area contributed by atoms with E-state index in [0.29, 0.717) is 47.0 Å². The minimum Gasteiger partial charge on any atom is -0.494 e. The third kappa shape index (κ3) is 9.11. The number of pyridine rings is 1. The molecule has 51 heavy (non-hydrogen) atoms. The van der Waals surface area contributed by atoms with Crippen molar-refractivity contribution in [1.29, 1.82) is 0 Å². The molecule has 5 aromatic rings. The molecule has 1 saturated heterocycles. The Kier molecular flexibility index (Phi) is 11.3. The largest absolute Gasteiger partial charge is 0.494 e. The van der Waals surface area contributed by atoms with Crippen LogP contribution in [0.1, 0.15) is 60.8 Å². The molecule has 2 heterocycles. The smallest absolute Gasteiger partial charge is 0.323 e. The second kappa shape index (κ2) is 16.2. The molecule has 1 fully saturated rings. The zero-order chi connectivity index (χ0) is 35.8. The highest BCUT2D eigenvalue weighted by molar-refractivity contribution is 6.09. The Bertz CT molecular complexity index is 1980. The summed E-state index contributed by atoms with van der Waals surface area (Å²) in [6.45, 7) is 11.1. The monoisotopic (exact) mass is 685 g/mol. The normalized spacial score (nSPS) is 13.5. The van der Waals surface area contributed by atoms with Crippen LogP contribution in [-0.2, 0) is 11.8 Å². The van der Waals surface area contributed by atoms with Gasteiger partial charge in [0.15, 0.2) is 11.5 Å². The molecule has 3 N–H and O–H groups in total. The fourth-order valence-electron chi connectivity index (χ4n) is 6.41. The maximum Gasteiger partial charge on any atom is 0.323 e. The Morgan fingerprint density at radius 3 is 2.33 bits per heavy atom. The first-order valence-corrected chi connectivity index (χ1v) is 17.6. The third-order valence-corrected chi connectivity index (χ3v) is 9.17. The standard InChI is InChI=1S/C42H47N5O4/c1-42(2,3)30-26-35(38(48)15-10-22-47-23-20-43-21-24-47)40(50-4)37(27-30)46-41(49)45-36-16-17-39(34-14-9-8-13-33(34)36)51-32-18-19-44-31(28-32)25-29-11-6-5-7-12-29/h5-9,11-14,16-19,26-28,43H,10,15,20-25H2,1-4H3,(H2,45,46,49). The number of urea groups is 1. The molecule has 2 amide bonds. The number of nitrogens with one attached hydrogen (secondary N) is 3. The molecule has 0 atom stereocenters. The van der Waals surface area contributed by atoms with Gasteiger partial charge in [-0.05, 0) is 59.8 Å². The molecule has 264 valence electrons. The second-order valence-corrected chi connectivity index (χ2v) is 14.0. The number of benzene rings is 4. The summed E-state index contributed by atoms with van der Waals surface area (Å²) >= 11 is 0. The SMILES string of the molecule is COc1c(NC(=O)Nc2ccc(Oc3ccnc(Cc4ccccc4)c3)c3ccccc23)cc(C(C)(C)C)cc1C(=O)CCCN1CCNCC1. The van der Waals surface area contributed by atoms with Crippen LogP contribution in [0.15, 0.2) is 97.2 Å². The van der Waals surface area contributed by atoms with E-state index in [2.05, 4.69) is 58.7 Å². The molecule has 1 aliphatic rings. The first kappa shape index (κ1) is 35.6. The molecule has 0 bridgehead atoms. The Hall–Kier alpha value is -5.25. The number of aromatic nitrogens is 1. The Morgan fingerprint density at radius 1 is 0.863 bits per heavy atom. The predicted octanol–water partition coefficient (Wildman–Crippen LogP) is 8.44. The summed E-state index contributed by atoms with van der Waals surface area (Å²) in [5.74, 6) is 1.70. The number of hydrogen-bond donors (Lipinski definition) is 3. The molecule has 0 radical (unpaired) electrons. The molecule has 6 rings (SSSR count).